The quantitative estimate of drug-likeness (QED) is 0.669. The van der Waals surface area contributed by atoms with E-state index < -0.39 is 0 Å². The van der Waals surface area contributed by atoms with Crippen molar-refractivity contribution in [2.75, 3.05) is 6.54 Å². The van der Waals surface area contributed by atoms with Crippen LogP contribution in [0.15, 0.2) is 16.7 Å². The number of nitrogens with zero attached hydrogens (tertiary/aromatic N) is 1. The summed E-state index contributed by atoms with van der Waals surface area (Å²) >= 11 is 3.37. The maximum Gasteiger partial charge on any atom is 0.267 e. The normalized spacial score (nSPS) is 10.2. The molecular weight excluding hydrogens is 268 g/mol. The average molecular weight is 283 g/mol. The van der Waals surface area contributed by atoms with Gasteiger partial charge in [-0.25, -0.2) is 0 Å². The molecule has 1 heterocycles. The zero-order valence-corrected chi connectivity index (χ0v) is 11.0. The van der Waals surface area contributed by atoms with E-state index in [1.54, 1.807) is 0 Å². The van der Waals surface area contributed by atoms with Crippen molar-refractivity contribution >= 4 is 21.8 Å². The third kappa shape index (κ3) is 3.14. The highest BCUT2D eigenvalue weighted by molar-refractivity contribution is 9.10. The largest absolute Gasteiger partial charge is 0.350 e. The van der Waals surface area contributed by atoms with Gasteiger partial charge in [-0.3, -0.25) is 4.79 Å². The highest BCUT2D eigenvalue weighted by Gasteiger charge is 2.13. The molecular formula is C12H15BrN2O. The lowest BCUT2D eigenvalue weighted by Crippen LogP contribution is -2.26. The summed E-state index contributed by atoms with van der Waals surface area (Å²) in [6.45, 7) is 4.57. The Balaban J connectivity index is 2.79. The molecule has 86 valence electrons. The smallest absolute Gasteiger partial charge is 0.267 e. The van der Waals surface area contributed by atoms with E-state index in [0.717, 1.165) is 4.47 Å². The Labute approximate surface area is 104 Å². The number of halogens is 1. The lowest BCUT2D eigenvalue weighted by atomic mass is 10.3. The number of carbonyl (C=O) groups is 1. The first kappa shape index (κ1) is 12.9. The van der Waals surface area contributed by atoms with Crippen molar-refractivity contribution in [3.05, 3.63) is 22.4 Å². The summed E-state index contributed by atoms with van der Waals surface area (Å²) in [6, 6.07) is 2.06. The van der Waals surface area contributed by atoms with Crippen LogP contribution >= 0.6 is 15.9 Å². The van der Waals surface area contributed by atoms with Crippen LogP contribution in [0.5, 0.6) is 0 Å². The van der Waals surface area contributed by atoms with E-state index in [1.165, 1.54) is 0 Å². The van der Waals surface area contributed by atoms with Crippen LogP contribution in [0.1, 0.15) is 36.8 Å². The molecule has 0 radical (unpaired) electrons. The number of terminal acetylenes is 1. The van der Waals surface area contributed by atoms with Gasteiger partial charge in [0.15, 0.2) is 0 Å². The zero-order chi connectivity index (χ0) is 12.1. The molecule has 0 aromatic carbocycles. The Morgan fingerprint density at radius 2 is 2.38 bits per heavy atom. The van der Waals surface area contributed by atoms with Gasteiger partial charge < -0.3 is 9.88 Å². The zero-order valence-electron chi connectivity index (χ0n) is 9.46. The molecule has 0 atom stereocenters. The summed E-state index contributed by atoms with van der Waals surface area (Å²) in [5.74, 6) is 2.40. The second kappa shape index (κ2) is 5.76. The Bertz CT molecular complexity index is 415. The second-order valence-electron chi connectivity index (χ2n) is 3.75. The standard InChI is InChI=1S/C12H15BrN2O/c1-4-5-6-14-12(16)11-7-10(13)8-15(11)9(2)3/h1,7-9H,5-6H2,2-3H3,(H,14,16). The summed E-state index contributed by atoms with van der Waals surface area (Å²) in [4.78, 5) is 11.8. The summed E-state index contributed by atoms with van der Waals surface area (Å²) in [6.07, 6.45) is 7.58. The third-order valence-electron chi connectivity index (χ3n) is 2.16. The number of amides is 1. The first-order chi connectivity index (χ1) is 7.56. The van der Waals surface area contributed by atoms with Crippen molar-refractivity contribution < 1.29 is 4.79 Å². The molecule has 1 aromatic rings. The molecule has 1 N–H and O–H groups in total. The van der Waals surface area contributed by atoms with Gasteiger partial charge in [0.1, 0.15) is 5.69 Å². The molecule has 0 aliphatic rings. The van der Waals surface area contributed by atoms with Crippen LogP contribution in [0.25, 0.3) is 0 Å². The molecule has 1 rings (SSSR count). The molecule has 16 heavy (non-hydrogen) atoms. The van der Waals surface area contributed by atoms with E-state index in [2.05, 4.69) is 27.2 Å². The summed E-state index contributed by atoms with van der Waals surface area (Å²) in [5, 5.41) is 2.79. The highest BCUT2D eigenvalue weighted by atomic mass is 79.9. The second-order valence-corrected chi connectivity index (χ2v) is 4.67. The van der Waals surface area contributed by atoms with E-state index in [9.17, 15) is 4.79 Å². The van der Waals surface area contributed by atoms with Gasteiger partial charge in [0.2, 0.25) is 0 Å². The minimum atomic E-state index is -0.0883. The van der Waals surface area contributed by atoms with E-state index in [-0.39, 0.29) is 11.9 Å². The molecule has 0 fully saturated rings. The monoisotopic (exact) mass is 282 g/mol. The van der Waals surface area contributed by atoms with Crippen molar-refractivity contribution in [1.29, 1.82) is 0 Å². The van der Waals surface area contributed by atoms with Crippen LogP contribution in [-0.2, 0) is 0 Å². The van der Waals surface area contributed by atoms with Gasteiger partial charge >= 0.3 is 0 Å². The van der Waals surface area contributed by atoms with Crippen LogP contribution in [0.4, 0.5) is 0 Å². The molecule has 0 bridgehead atoms. The van der Waals surface area contributed by atoms with Crippen LogP contribution in [-0.4, -0.2) is 17.0 Å². The minimum Gasteiger partial charge on any atom is -0.350 e. The number of rotatable bonds is 4. The molecule has 0 unspecified atom stereocenters. The van der Waals surface area contributed by atoms with Gasteiger partial charge in [0.05, 0.1) is 0 Å². The third-order valence-corrected chi connectivity index (χ3v) is 2.59. The van der Waals surface area contributed by atoms with Crippen molar-refractivity contribution in [1.82, 2.24) is 9.88 Å². The molecule has 0 spiro atoms. The van der Waals surface area contributed by atoms with Gasteiger partial charge in [-0.15, -0.1) is 12.3 Å². The van der Waals surface area contributed by atoms with Crippen LogP contribution < -0.4 is 5.32 Å². The number of carbonyl (C=O) groups excluding carboxylic acids is 1. The van der Waals surface area contributed by atoms with E-state index >= 15 is 0 Å². The Morgan fingerprint density at radius 1 is 1.69 bits per heavy atom. The number of nitrogens with one attached hydrogen (secondary N) is 1. The molecule has 0 aliphatic heterocycles. The van der Waals surface area contributed by atoms with Crippen LogP contribution in [0, 0.1) is 12.3 Å². The molecule has 1 aromatic heterocycles. The van der Waals surface area contributed by atoms with E-state index in [0.29, 0.717) is 18.7 Å². The molecule has 0 saturated carbocycles. The fourth-order valence-corrected chi connectivity index (χ4v) is 1.83. The van der Waals surface area contributed by atoms with Gasteiger partial charge in [-0.2, -0.15) is 0 Å². The van der Waals surface area contributed by atoms with Crippen LogP contribution in [0.2, 0.25) is 0 Å². The van der Waals surface area contributed by atoms with Gasteiger partial charge in [0.25, 0.3) is 5.91 Å². The Morgan fingerprint density at radius 3 is 2.94 bits per heavy atom. The van der Waals surface area contributed by atoms with Crippen molar-refractivity contribution in [3.8, 4) is 12.3 Å². The first-order valence-corrected chi connectivity index (χ1v) is 5.94. The summed E-state index contributed by atoms with van der Waals surface area (Å²) < 4.78 is 2.83. The molecule has 3 nitrogen and oxygen atoms in total. The van der Waals surface area contributed by atoms with Gasteiger partial charge in [-0.05, 0) is 35.8 Å². The van der Waals surface area contributed by atoms with E-state index in [4.69, 9.17) is 6.42 Å². The SMILES string of the molecule is C#CCCNC(=O)c1cc(Br)cn1C(C)C. The molecule has 4 heteroatoms. The van der Waals surface area contributed by atoms with Crippen LogP contribution in [0.3, 0.4) is 0 Å². The lowest BCUT2D eigenvalue weighted by molar-refractivity contribution is 0.0944. The maximum absolute atomic E-state index is 11.8. The summed E-state index contributed by atoms with van der Waals surface area (Å²) in [7, 11) is 0. The van der Waals surface area contributed by atoms with Crippen molar-refractivity contribution in [2.45, 2.75) is 26.3 Å². The molecule has 0 saturated heterocycles. The van der Waals surface area contributed by atoms with Gasteiger partial charge in [-0.1, -0.05) is 0 Å². The number of aromatic nitrogens is 1. The fourth-order valence-electron chi connectivity index (χ4n) is 1.39. The topological polar surface area (TPSA) is 34.0 Å². The highest BCUT2D eigenvalue weighted by Crippen LogP contribution is 2.19. The van der Waals surface area contributed by atoms with E-state index in [1.807, 2.05) is 30.7 Å². The average Bonchev–Trinajstić information content (AvgIpc) is 2.61. The Kier molecular flexibility index (Phi) is 4.63. The summed E-state index contributed by atoms with van der Waals surface area (Å²) in [5.41, 5.74) is 0.652. The lowest BCUT2D eigenvalue weighted by Gasteiger charge is -2.12. The van der Waals surface area contributed by atoms with Crippen molar-refractivity contribution in [2.24, 2.45) is 0 Å². The predicted molar refractivity (Wildman–Crippen MR) is 68.3 cm³/mol. The van der Waals surface area contributed by atoms with Crippen molar-refractivity contribution in [3.63, 3.8) is 0 Å². The van der Waals surface area contributed by atoms with Gasteiger partial charge in [0, 0.05) is 29.7 Å². The molecule has 1 amide bonds. The number of hydrogen-bond donors (Lipinski definition) is 1. The Hall–Kier alpha value is -1.21. The maximum atomic E-state index is 11.8. The fraction of sp³-hybridized carbons (Fsp3) is 0.417. The minimum absolute atomic E-state index is 0.0883. The predicted octanol–water partition coefficient (Wildman–Crippen LogP) is 2.58. The molecule has 0 aliphatic carbocycles. The first-order valence-electron chi connectivity index (χ1n) is 5.15. The number of hydrogen-bond acceptors (Lipinski definition) is 1.